The Morgan fingerprint density at radius 3 is 1.80 bits per heavy atom. The highest BCUT2D eigenvalue weighted by Gasteiger charge is 2.59. The van der Waals surface area contributed by atoms with Gasteiger partial charge in [-0.05, 0) is 25.7 Å². The van der Waals surface area contributed by atoms with Crippen LogP contribution in [-0.4, -0.2) is 34.9 Å². The fourth-order valence-electron chi connectivity index (χ4n) is 2.13. The van der Waals surface area contributed by atoms with E-state index in [9.17, 15) is 35.9 Å². The van der Waals surface area contributed by atoms with Crippen molar-refractivity contribution in [2.45, 2.75) is 43.6 Å². The van der Waals surface area contributed by atoms with Crippen LogP contribution in [0, 0.1) is 5.92 Å². The predicted molar refractivity (Wildman–Crippen MR) is 52.6 cm³/mol. The molecule has 0 aliphatic heterocycles. The Morgan fingerprint density at radius 1 is 1.05 bits per heavy atom. The van der Waals surface area contributed by atoms with Crippen molar-refractivity contribution in [3.63, 3.8) is 0 Å². The van der Waals surface area contributed by atoms with Gasteiger partial charge in [0.05, 0.1) is 5.92 Å². The summed E-state index contributed by atoms with van der Waals surface area (Å²) in [5.74, 6) is -5.03. The van der Waals surface area contributed by atoms with Gasteiger partial charge in [0.1, 0.15) is 5.54 Å². The van der Waals surface area contributed by atoms with Crippen LogP contribution in [0.1, 0.15) is 25.7 Å². The highest BCUT2D eigenvalue weighted by atomic mass is 19.4. The smallest absolute Gasteiger partial charge is 0.471 e. The monoisotopic (exact) mass is 307 g/mol. The summed E-state index contributed by atoms with van der Waals surface area (Å²) in [7, 11) is 0. The number of nitrogens with one attached hydrogen (secondary N) is 1. The lowest BCUT2D eigenvalue weighted by molar-refractivity contribution is -0.219. The first-order valence-electron chi connectivity index (χ1n) is 5.58. The van der Waals surface area contributed by atoms with Crippen molar-refractivity contribution in [2.75, 3.05) is 0 Å². The van der Waals surface area contributed by atoms with E-state index < -0.39 is 61.4 Å². The van der Waals surface area contributed by atoms with Crippen molar-refractivity contribution in [1.29, 1.82) is 0 Å². The second kappa shape index (κ2) is 5.13. The van der Waals surface area contributed by atoms with Crippen molar-refractivity contribution in [3.8, 4) is 0 Å². The van der Waals surface area contributed by atoms with Crippen molar-refractivity contribution >= 4 is 11.9 Å². The van der Waals surface area contributed by atoms with Crippen molar-refractivity contribution in [3.05, 3.63) is 0 Å². The Balaban J connectivity index is 2.92. The van der Waals surface area contributed by atoms with E-state index in [0.717, 1.165) is 5.32 Å². The molecular formula is C10H11F6NO3. The molecule has 1 fully saturated rings. The third-order valence-corrected chi connectivity index (χ3v) is 3.34. The summed E-state index contributed by atoms with van der Waals surface area (Å²) in [6, 6.07) is 0. The molecule has 0 unspecified atom stereocenters. The van der Waals surface area contributed by atoms with Crippen molar-refractivity contribution in [2.24, 2.45) is 5.92 Å². The number of carboxylic acid groups (broad SMARTS) is 1. The van der Waals surface area contributed by atoms with Crippen LogP contribution in [0.3, 0.4) is 0 Å². The molecule has 0 aromatic heterocycles. The molecule has 4 nitrogen and oxygen atoms in total. The van der Waals surface area contributed by atoms with E-state index in [0.29, 0.717) is 0 Å². The molecule has 116 valence electrons. The molecular weight excluding hydrogens is 296 g/mol. The molecule has 1 aliphatic rings. The zero-order valence-electron chi connectivity index (χ0n) is 9.94. The van der Waals surface area contributed by atoms with Crippen molar-refractivity contribution in [1.82, 2.24) is 5.32 Å². The zero-order valence-corrected chi connectivity index (χ0v) is 9.94. The second-order valence-electron chi connectivity index (χ2n) is 4.64. The van der Waals surface area contributed by atoms with E-state index in [-0.39, 0.29) is 0 Å². The maximum atomic E-state index is 12.9. The maximum Gasteiger partial charge on any atom is 0.471 e. The first kappa shape index (κ1) is 16.6. The van der Waals surface area contributed by atoms with Crippen LogP contribution in [0.2, 0.25) is 0 Å². The van der Waals surface area contributed by atoms with Crippen LogP contribution >= 0.6 is 0 Å². The van der Waals surface area contributed by atoms with E-state index in [1.54, 1.807) is 0 Å². The summed E-state index contributed by atoms with van der Waals surface area (Å²) in [5.41, 5.74) is -3.02. The lowest BCUT2D eigenvalue weighted by Crippen LogP contribution is -2.62. The topological polar surface area (TPSA) is 66.4 Å². The molecule has 1 amide bonds. The van der Waals surface area contributed by atoms with Gasteiger partial charge in [0.25, 0.3) is 0 Å². The molecule has 1 rings (SSSR count). The number of hydrogen-bond donors (Lipinski definition) is 2. The van der Waals surface area contributed by atoms with Crippen molar-refractivity contribution < 1.29 is 41.0 Å². The van der Waals surface area contributed by atoms with E-state index in [1.165, 1.54) is 0 Å². The van der Waals surface area contributed by atoms with Gasteiger partial charge < -0.3 is 10.4 Å². The van der Waals surface area contributed by atoms with E-state index in [4.69, 9.17) is 5.11 Å². The summed E-state index contributed by atoms with van der Waals surface area (Å²) < 4.78 is 75.1. The molecule has 0 aromatic rings. The first-order valence-corrected chi connectivity index (χ1v) is 5.58. The van der Waals surface area contributed by atoms with E-state index in [1.807, 2.05) is 0 Å². The van der Waals surface area contributed by atoms with Crippen LogP contribution < -0.4 is 5.32 Å². The third-order valence-electron chi connectivity index (χ3n) is 3.34. The van der Waals surface area contributed by atoms with Gasteiger partial charge in [-0.25, -0.2) is 0 Å². The Hall–Kier alpha value is -1.48. The minimum absolute atomic E-state index is 0.451. The Labute approximate surface area is 109 Å². The average Bonchev–Trinajstić information content (AvgIpc) is 2.26. The van der Waals surface area contributed by atoms with Gasteiger partial charge in [0.15, 0.2) is 0 Å². The molecule has 1 aliphatic carbocycles. The molecule has 10 heteroatoms. The normalized spacial score (nSPS) is 28.0. The van der Waals surface area contributed by atoms with E-state index in [2.05, 4.69) is 0 Å². The number of carbonyl (C=O) groups excluding carboxylic acids is 1. The average molecular weight is 307 g/mol. The summed E-state index contributed by atoms with van der Waals surface area (Å²) in [6.45, 7) is 0. The molecule has 1 saturated carbocycles. The second-order valence-corrected chi connectivity index (χ2v) is 4.64. The SMILES string of the molecule is O=C(O)C1CCC(NC(=O)C(F)(F)F)(C(F)(F)F)CC1. The standard InChI is InChI=1S/C10H11F6NO3/c11-9(12,13)7(20)17-8(10(14,15)16)3-1-5(2-4-8)6(18)19/h5H,1-4H2,(H,17,20)(H,18,19). The predicted octanol–water partition coefficient (Wildman–Crippen LogP) is 2.24. The fourth-order valence-corrected chi connectivity index (χ4v) is 2.13. The number of halogens is 6. The number of amides is 1. The molecule has 0 saturated heterocycles. The van der Waals surface area contributed by atoms with Gasteiger partial charge in [-0.15, -0.1) is 0 Å². The van der Waals surface area contributed by atoms with E-state index >= 15 is 0 Å². The highest BCUT2D eigenvalue weighted by Crippen LogP contribution is 2.43. The van der Waals surface area contributed by atoms with Crippen LogP contribution in [0.4, 0.5) is 26.3 Å². The minimum Gasteiger partial charge on any atom is -0.481 e. The Bertz CT molecular complexity index is 395. The molecule has 0 spiro atoms. The molecule has 0 bridgehead atoms. The summed E-state index contributed by atoms with van der Waals surface area (Å²) in [5, 5.41) is 9.66. The van der Waals surface area contributed by atoms with Gasteiger partial charge in [0.2, 0.25) is 0 Å². The molecule has 0 aromatic carbocycles. The van der Waals surface area contributed by atoms with Crippen LogP contribution in [0.15, 0.2) is 0 Å². The highest BCUT2D eigenvalue weighted by molar-refractivity contribution is 5.82. The summed E-state index contributed by atoms with van der Waals surface area (Å²) in [6.07, 6.45) is -13.2. The Morgan fingerprint density at radius 2 is 1.50 bits per heavy atom. The van der Waals surface area contributed by atoms with Gasteiger partial charge in [0, 0.05) is 0 Å². The molecule has 0 atom stereocenters. The quantitative estimate of drug-likeness (QED) is 0.769. The molecule has 0 heterocycles. The number of carbonyl (C=O) groups is 2. The van der Waals surface area contributed by atoms with Gasteiger partial charge in [-0.1, -0.05) is 0 Å². The molecule has 0 radical (unpaired) electrons. The number of alkyl halides is 6. The zero-order chi connectivity index (χ0) is 15.8. The van der Waals surface area contributed by atoms with Crippen LogP contribution in [0.25, 0.3) is 0 Å². The number of rotatable bonds is 2. The van der Waals surface area contributed by atoms with Gasteiger partial charge >= 0.3 is 24.2 Å². The lowest BCUT2D eigenvalue weighted by Gasteiger charge is -2.41. The van der Waals surface area contributed by atoms with Crippen LogP contribution in [0.5, 0.6) is 0 Å². The third kappa shape index (κ3) is 3.34. The first-order chi connectivity index (χ1) is 8.89. The summed E-state index contributed by atoms with van der Waals surface area (Å²) in [4.78, 5) is 21.4. The van der Waals surface area contributed by atoms with Gasteiger partial charge in [-0.2, -0.15) is 26.3 Å². The summed E-state index contributed by atoms with van der Waals surface area (Å²) >= 11 is 0. The number of aliphatic carboxylic acids is 1. The van der Waals surface area contributed by atoms with Crippen LogP contribution in [-0.2, 0) is 9.59 Å². The number of hydrogen-bond acceptors (Lipinski definition) is 2. The fraction of sp³-hybridized carbons (Fsp3) is 0.800. The molecule has 2 N–H and O–H groups in total. The number of carboxylic acids is 1. The van der Waals surface area contributed by atoms with Gasteiger partial charge in [-0.3, -0.25) is 9.59 Å². The molecule has 20 heavy (non-hydrogen) atoms. The minimum atomic E-state index is -5.43. The maximum absolute atomic E-state index is 12.9. The lowest BCUT2D eigenvalue weighted by atomic mass is 9.76. The largest absolute Gasteiger partial charge is 0.481 e. The Kier molecular flexibility index (Phi) is 4.25.